The average Bonchev–Trinajstić information content (AvgIpc) is 2.93. The van der Waals surface area contributed by atoms with Crippen LogP contribution in [-0.2, 0) is 4.74 Å². The van der Waals surface area contributed by atoms with Crippen molar-refractivity contribution in [3.05, 3.63) is 0 Å². The Morgan fingerprint density at radius 3 is 2.95 bits per heavy atom. The quantitative estimate of drug-likeness (QED) is 0.555. The molecule has 3 rings (SSSR count). The normalized spacial score (nSPS) is 43.5. The minimum atomic E-state index is -1.66. The maximum absolute atomic E-state index is 14.1. The van der Waals surface area contributed by atoms with Crippen molar-refractivity contribution >= 4 is 18.0 Å². The van der Waals surface area contributed by atoms with Crippen LogP contribution in [0.2, 0.25) is 0 Å². The highest BCUT2D eigenvalue weighted by Crippen LogP contribution is 2.31. The molecule has 0 aromatic heterocycles. The number of alkyl halides is 1. The van der Waals surface area contributed by atoms with Gasteiger partial charge in [0, 0.05) is 5.71 Å². The van der Waals surface area contributed by atoms with Crippen molar-refractivity contribution in [2.75, 3.05) is 6.61 Å². The summed E-state index contributed by atoms with van der Waals surface area (Å²) in [6.07, 6.45) is -4.14. The maximum atomic E-state index is 14.1. The first-order valence-electron chi connectivity index (χ1n) is 6.30. The highest BCUT2D eigenvalue weighted by molar-refractivity contribution is 6.02. The van der Waals surface area contributed by atoms with E-state index in [1.165, 1.54) is 11.2 Å². The van der Waals surface area contributed by atoms with Crippen molar-refractivity contribution in [2.45, 2.75) is 43.7 Å². The molecule has 2 unspecified atom stereocenters. The van der Waals surface area contributed by atoms with Crippen molar-refractivity contribution in [3.8, 4) is 0 Å². The van der Waals surface area contributed by atoms with Gasteiger partial charge in [0.25, 0.3) is 0 Å². The van der Waals surface area contributed by atoms with Crippen LogP contribution in [-0.4, -0.2) is 76.5 Å². The minimum absolute atomic E-state index is 0.104. The van der Waals surface area contributed by atoms with Gasteiger partial charge in [0.05, 0.1) is 12.9 Å². The van der Waals surface area contributed by atoms with Gasteiger partial charge >= 0.3 is 0 Å². The number of ether oxygens (including phenoxy) is 1. The third-order valence-corrected chi connectivity index (χ3v) is 3.70. The molecule has 20 heavy (non-hydrogen) atoms. The lowest BCUT2D eigenvalue weighted by molar-refractivity contribution is -0.0692. The minimum Gasteiger partial charge on any atom is -0.394 e. The van der Waals surface area contributed by atoms with E-state index in [0.717, 1.165) is 0 Å². The fraction of sp³-hybridized carbons (Fsp3) is 0.727. The summed E-state index contributed by atoms with van der Waals surface area (Å²) in [5.41, 5.74) is 6.30. The standard InChI is InChI=1S/C11H16FN5O3/c1-4-7-9(16-11(13)15-4)17(3-14-7)10-6(12)8(19)5(2-18)20-10/h3,5-10,18-19H,2H2,1H3,(H2,13,16)/t5-,6-,7?,8-,9?,10-/m1/s1. The number of nitrogens with zero attached hydrogens (tertiary/aromatic N) is 4. The molecule has 0 aromatic rings. The summed E-state index contributed by atoms with van der Waals surface area (Å²) in [6.45, 7) is 1.32. The lowest BCUT2D eigenvalue weighted by Crippen LogP contribution is -2.50. The number of aliphatic imine (C=N–C) groups is 3. The smallest absolute Gasteiger partial charge is 0.217 e. The molecule has 9 heteroatoms. The fourth-order valence-corrected chi connectivity index (χ4v) is 2.64. The second-order valence-electron chi connectivity index (χ2n) is 4.99. The molecule has 3 aliphatic rings. The SMILES string of the molecule is CC1=NC(N)=NC2C1N=CN2[C@@H]1O[C@H](CO)[C@@H](O)[C@H]1F. The molecule has 0 aromatic carbocycles. The van der Waals surface area contributed by atoms with E-state index in [-0.39, 0.29) is 12.0 Å². The molecule has 6 atom stereocenters. The van der Waals surface area contributed by atoms with Gasteiger partial charge in [-0.2, -0.15) is 0 Å². The Labute approximate surface area is 114 Å². The molecule has 3 aliphatic heterocycles. The second-order valence-corrected chi connectivity index (χ2v) is 4.99. The average molecular weight is 285 g/mol. The van der Waals surface area contributed by atoms with Crippen molar-refractivity contribution in [1.29, 1.82) is 0 Å². The zero-order valence-corrected chi connectivity index (χ0v) is 10.8. The summed E-state index contributed by atoms with van der Waals surface area (Å²) in [6, 6.07) is -0.330. The number of aliphatic hydroxyl groups is 2. The van der Waals surface area contributed by atoms with Crippen LogP contribution in [0.3, 0.4) is 0 Å². The van der Waals surface area contributed by atoms with Crippen LogP contribution in [0.25, 0.3) is 0 Å². The summed E-state index contributed by atoms with van der Waals surface area (Å²) in [7, 11) is 0. The molecule has 3 heterocycles. The molecule has 8 nitrogen and oxygen atoms in total. The van der Waals surface area contributed by atoms with Crippen molar-refractivity contribution in [2.24, 2.45) is 20.7 Å². The van der Waals surface area contributed by atoms with Crippen LogP contribution in [0, 0.1) is 0 Å². The first kappa shape index (κ1) is 13.4. The highest BCUT2D eigenvalue weighted by atomic mass is 19.1. The first-order chi connectivity index (χ1) is 9.52. The lowest BCUT2D eigenvalue weighted by Gasteiger charge is -2.31. The number of halogens is 1. The Bertz CT molecular complexity index is 496. The predicted octanol–water partition coefficient (Wildman–Crippen LogP) is -1.77. The van der Waals surface area contributed by atoms with Gasteiger partial charge in [-0.05, 0) is 6.92 Å². The molecule has 0 saturated carbocycles. The van der Waals surface area contributed by atoms with Gasteiger partial charge in [0.1, 0.15) is 18.2 Å². The number of nitrogens with two attached hydrogens (primary N) is 1. The zero-order valence-electron chi connectivity index (χ0n) is 10.8. The number of hydrogen-bond acceptors (Lipinski definition) is 8. The van der Waals surface area contributed by atoms with E-state index in [4.69, 9.17) is 15.6 Å². The molecule has 0 spiro atoms. The largest absolute Gasteiger partial charge is 0.394 e. The summed E-state index contributed by atoms with van der Waals surface area (Å²) >= 11 is 0. The fourth-order valence-electron chi connectivity index (χ4n) is 2.64. The van der Waals surface area contributed by atoms with E-state index in [9.17, 15) is 9.50 Å². The molecular formula is C11H16FN5O3. The van der Waals surface area contributed by atoms with Crippen LogP contribution in [0.1, 0.15) is 6.92 Å². The van der Waals surface area contributed by atoms with E-state index in [1.54, 1.807) is 6.92 Å². The highest BCUT2D eigenvalue weighted by Gasteiger charge is 2.50. The number of aliphatic hydroxyl groups excluding tert-OH is 2. The molecule has 110 valence electrons. The Balaban J connectivity index is 1.83. The number of fused-ring (bicyclic) bond motifs is 1. The molecule has 0 amide bonds. The monoisotopic (exact) mass is 285 g/mol. The van der Waals surface area contributed by atoms with Crippen molar-refractivity contribution in [1.82, 2.24) is 4.90 Å². The number of guanidine groups is 1. The van der Waals surface area contributed by atoms with Gasteiger partial charge in [-0.15, -0.1) is 0 Å². The zero-order chi connectivity index (χ0) is 14.4. The Morgan fingerprint density at radius 1 is 1.55 bits per heavy atom. The van der Waals surface area contributed by atoms with Crippen LogP contribution >= 0.6 is 0 Å². The molecular weight excluding hydrogens is 269 g/mol. The lowest BCUT2D eigenvalue weighted by atomic mass is 10.1. The van der Waals surface area contributed by atoms with Crippen molar-refractivity contribution < 1.29 is 19.3 Å². The number of rotatable bonds is 2. The molecule has 4 N–H and O–H groups in total. The van der Waals surface area contributed by atoms with Gasteiger partial charge in [0.2, 0.25) is 5.96 Å². The van der Waals surface area contributed by atoms with Crippen LogP contribution in [0.4, 0.5) is 4.39 Å². The van der Waals surface area contributed by atoms with E-state index < -0.39 is 37.4 Å². The topological polar surface area (TPSA) is 116 Å². The third kappa shape index (κ3) is 1.89. The molecule has 0 bridgehead atoms. The van der Waals surface area contributed by atoms with Gasteiger partial charge in [-0.3, -0.25) is 4.99 Å². The van der Waals surface area contributed by atoms with E-state index >= 15 is 0 Å². The Hall–Kier alpha value is -1.58. The Kier molecular flexibility index (Phi) is 3.19. The molecule has 0 radical (unpaired) electrons. The molecule has 1 saturated heterocycles. The van der Waals surface area contributed by atoms with Gasteiger partial charge in [0.15, 0.2) is 18.6 Å². The van der Waals surface area contributed by atoms with Crippen LogP contribution < -0.4 is 5.73 Å². The first-order valence-corrected chi connectivity index (χ1v) is 6.30. The maximum Gasteiger partial charge on any atom is 0.217 e. The molecule has 0 aliphatic carbocycles. The van der Waals surface area contributed by atoms with Gasteiger partial charge in [-0.1, -0.05) is 0 Å². The second kappa shape index (κ2) is 4.76. The summed E-state index contributed by atoms with van der Waals surface area (Å²) in [4.78, 5) is 13.9. The molecule has 1 fully saturated rings. The predicted molar refractivity (Wildman–Crippen MR) is 69.3 cm³/mol. The van der Waals surface area contributed by atoms with Crippen LogP contribution in [0.5, 0.6) is 0 Å². The van der Waals surface area contributed by atoms with Gasteiger partial charge in [-0.25, -0.2) is 14.4 Å². The van der Waals surface area contributed by atoms with E-state index in [0.29, 0.717) is 5.71 Å². The summed E-state index contributed by atoms with van der Waals surface area (Å²) in [5, 5.41) is 18.7. The Morgan fingerprint density at radius 2 is 2.30 bits per heavy atom. The summed E-state index contributed by atoms with van der Waals surface area (Å²) in [5.74, 6) is 0.104. The third-order valence-electron chi connectivity index (χ3n) is 3.70. The number of hydrogen-bond donors (Lipinski definition) is 3. The van der Waals surface area contributed by atoms with E-state index in [2.05, 4.69) is 15.0 Å². The van der Waals surface area contributed by atoms with Gasteiger partial charge < -0.3 is 25.6 Å². The summed E-state index contributed by atoms with van der Waals surface area (Å²) < 4.78 is 19.5. The van der Waals surface area contributed by atoms with Crippen molar-refractivity contribution in [3.63, 3.8) is 0 Å². The van der Waals surface area contributed by atoms with E-state index in [1.807, 2.05) is 0 Å². The van der Waals surface area contributed by atoms with Crippen LogP contribution in [0.15, 0.2) is 15.0 Å².